The van der Waals surface area contributed by atoms with Crippen molar-refractivity contribution in [3.8, 4) is 0 Å². The summed E-state index contributed by atoms with van der Waals surface area (Å²) < 4.78 is 5.36. The maximum absolute atomic E-state index is 5.36. The van der Waals surface area contributed by atoms with Crippen LogP contribution in [0, 0.1) is 0 Å². The number of nitrogens with zero attached hydrogens (tertiary/aromatic N) is 1. The minimum Gasteiger partial charge on any atom is -0.379 e. The Hall–Kier alpha value is -0.120. The van der Waals surface area contributed by atoms with Gasteiger partial charge in [-0.2, -0.15) is 0 Å². The highest BCUT2D eigenvalue weighted by molar-refractivity contribution is 4.52. The van der Waals surface area contributed by atoms with Crippen LogP contribution < -0.4 is 5.73 Å². The number of ether oxygens (including phenoxy) is 1. The molecule has 17 heavy (non-hydrogen) atoms. The minimum atomic E-state index is 0.626. The molecule has 0 fully saturated rings. The van der Waals surface area contributed by atoms with E-state index in [1.807, 2.05) is 0 Å². The minimum absolute atomic E-state index is 0.626. The van der Waals surface area contributed by atoms with Crippen molar-refractivity contribution in [1.29, 1.82) is 0 Å². The Balaban J connectivity index is 3.08. The maximum atomic E-state index is 5.36. The van der Waals surface area contributed by atoms with Crippen molar-refractivity contribution in [2.24, 2.45) is 5.73 Å². The highest BCUT2D eigenvalue weighted by atomic mass is 16.5. The van der Waals surface area contributed by atoms with Crippen molar-refractivity contribution in [3.05, 3.63) is 0 Å². The van der Waals surface area contributed by atoms with E-state index < -0.39 is 0 Å². The maximum Gasteiger partial charge on any atom is 0.0593 e. The Bertz CT molecular complexity index is 142. The molecule has 0 aromatic heterocycles. The summed E-state index contributed by atoms with van der Waals surface area (Å²) in [6, 6.07) is 0. The SMILES string of the molecule is CCCCCCCCCN(C)CCOCCN. The Morgan fingerprint density at radius 3 is 2.18 bits per heavy atom. The lowest BCUT2D eigenvalue weighted by molar-refractivity contribution is 0.117. The van der Waals surface area contributed by atoms with Gasteiger partial charge in [-0.25, -0.2) is 0 Å². The molecule has 0 aliphatic heterocycles. The van der Waals surface area contributed by atoms with Gasteiger partial charge in [-0.3, -0.25) is 0 Å². The van der Waals surface area contributed by atoms with Crippen LogP contribution in [0.2, 0.25) is 0 Å². The average Bonchev–Trinajstić information content (AvgIpc) is 2.33. The molecule has 0 aliphatic rings. The van der Waals surface area contributed by atoms with Gasteiger partial charge in [0.05, 0.1) is 13.2 Å². The van der Waals surface area contributed by atoms with Crippen LogP contribution >= 0.6 is 0 Å². The number of nitrogens with two attached hydrogens (primary N) is 1. The van der Waals surface area contributed by atoms with E-state index in [9.17, 15) is 0 Å². The van der Waals surface area contributed by atoms with E-state index in [-0.39, 0.29) is 0 Å². The van der Waals surface area contributed by atoms with E-state index in [4.69, 9.17) is 10.5 Å². The van der Waals surface area contributed by atoms with Gasteiger partial charge < -0.3 is 15.4 Å². The van der Waals surface area contributed by atoms with Gasteiger partial charge in [0.25, 0.3) is 0 Å². The summed E-state index contributed by atoms with van der Waals surface area (Å²) in [5.41, 5.74) is 5.35. The third-order valence-electron chi connectivity index (χ3n) is 3.02. The smallest absolute Gasteiger partial charge is 0.0593 e. The first-order chi connectivity index (χ1) is 8.31. The summed E-state index contributed by atoms with van der Waals surface area (Å²) in [6.45, 7) is 6.61. The van der Waals surface area contributed by atoms with Gasteiger partial charge in [-0.15, -0.1) is 0 Å². The Labute approximate surface area is 108 Å². The number of likely N-dealkylation sites (N-methyl/N-ethyl adjacent to an activating group) is 1. The molecule has 3 nitrogen and oxygen atoms in total. The quantitative estimate of drug-likeness (QED) is 0.506. The summed E-state index contributed by atoms with van der Waals surface area (Å²) in [4.78, 5) is 2.35. The zero-order chi connectivity index (χ0) is 12.8. The zero-order valence-electron chi connectivity index (χ0n) is 11.9. The Kier molecular flexibility index (Phi) is 13.8. The molecule has 0 heterocycles. The van der Waals surface area contributed by atoms with Crippen LogP contribution in [0.5, 0.6) is 0 Å². The molecule has 0 rings (SSSR count). The van der Waals surface area contributed by atoms with E-state index in [0.717, 1.165) is 13.2 Å². The molecule has 0 bridgehead atoms. The molecule has 0 saturated carbocycles. The van der Waals surface area contributed by atoms with Crippen molar-refractivity contribution in [1.82, 2.24) is 4.90 Å². The number of rotatable bonds is 13. The standard InChI is InChI=1S/C14H32N2O/c1-3-4-5-6-7-8-9-11-16(2)12-14-17-13-10-15/h3-15H2,1-2H3. The van der Waals surface area contributed by atoms with E-state index in [2.05, 4.69) is 18.9 Å². The second-order valence-corrected chi connectivity index (χ2v) is 4.83. The molecule has 0 radical (unpaired) electrons. The zero-order valence-corrected chi connectivity index (χ0v) is 11.9. The summed E-state index contributed by atoms with van der Waals surface area (Å²) in [7, 11) is 2.17. The van der Waals surface area contributed by atoms with Gasteiger partial charge in [-0.1, -0.05) is 45.4 Å². The van der Waals surface area contributed by atoms with Gasteiger partial charge in [0.1, 0.15) is 0 Å². The van der Waals surface area contributed by atoms with Crippen molar-refractivity contribution >= 4 is 0 Å². The van der Waals surface area contributed by atoms with Gasteiger partial charge in [0, 0.05) is 13.1 Å². The molecule has 0 spiro atoms. The molecular weight excluding hydrogens is 212 g/mol. The van der Waals surface area contributed by atoms with E-state index in [1.165, 1.54) is 51.5 Å². The fourth-order valence-corrected chi connectivity index (χ4v) is 1.86. The van der Waals surface area contributed by atoms with Gasteiger partial charge >= 0.3 is 0 Å². The van der Waals surface area contributed by atoms with Gasteiger partial charge in [0.2, 0.25) is 0 Å². The molecule has 104 valence electrons. The molecule has 0 aliphatic carbocycles. The van der Waals surface area contributed by atoms with Gasteiger partial charge in [-0.05, 0) is 20.0 Å². The largest absolute Gasteiger partial charge is 0.379 e. The van der Waals surface area contributed by atoms with Crippen LogP contribution in [0.4, 0.5) is 0 Å². The highest BCUT2D eigenvalue weighted by Gasteiger charge is 1.98. The Morgan fingerprint density at radius 1 is 0.882 bits per heavy atom. The van der Waals surface area contributed by atoms with Crippen molar-refractivity contribution in [3.63, 3.8) is 0 Å². The highest BCUT2D eigenvalue weighted by Crippen LogP contribution is 2.07. The van der Waals surface area contributed by atoms with Crippen molar-refractivity contribution in [2.45, 2.75) is 51.9 Å². The van der Waals surface area contributed by atoms with E-state index in [1.54, 1.807) is 0 Å². The first-order valence-electron chi connectivity index (χ1n) is 7.27. The number of hydrogen-bond donors (Lipinski definition) is 1. The van der Waals surface area contributed by atoms with E-state index in [0.29, 0.717) is 13.2 Å². The summed E-state index contributed by atoms with van der Waals surface area (Å²) in [5, 5.41) is 0. The first-order valence-corrected chi connectivity index (χ1v) is 7.27. The molecule has 2 N–H and O–H groups in total. The Morgan fingerprint density at radius 2 is 1.53 bits per heavy atom. The third kappa shape index (κ3) is 13.8. The summed E-state index contributed by atoms with van der Waals surface area (Å²) >= 11 is 0. The lowest BCUT2D eigenvalue weighted by Crippen LogP contribution is -2.25. The van der Waals surface area contributed by atoms with Crippen LogP contribution in [0.1, 0.15) is 51.9 Å². The fourth-order valence-electron chi connectivity index (χ4n) is 1.86. The number of hydrogen-bond acceptors (Lipinski definition) is 3. The summed E-state index contributed by atoms with van der Waals surface area (Å²) in [6.07, 6.45) is 9.66. The molecule has 0 aromatic rings. The molecule has 3 heteroatoms. The molecule has 0 unspecified atom stereocenters. The lowest BCUT2D eigenvalue weighted by atomic mass is 10.1. The predicted octanol–water partition coefficient (Wildman–Crippen LogP) is 2.64. The van der Waals surface area contributed by atoms with Crippen LogP contribution in [0.15, 0.2) is 0 Å². The van der Waals surface area contributed by atoms with Crippen LogP contribution in [0.25, 0.3) is 0 Å². The van der Waals surface area contributed by atoms with Crippen LogP contribution in [0.3, 0.4) is 0 Å². The van der Waals surface area contributed by atoms with Crippen LogP contribution in [-0.2, 0) is 4.74 Å². The topological polar surface area (TPSA) is 38.5 Å². The van der Waals surface area contributed by atoms with Crippen molar-refractivity contribution < 1.29 is 4.74 Å². The lowest BCUT2D eigenvalue weighted by Gasteiger charge is -2.16. The normalized spacial score (nSPS) is 11.3. The number of unbranched alkanes of at least 4 members (excludes halogenated alkanes) is 6. The summed E-state index contributed by atoms with van der Waals surface area (Å²) in [5.74, 6) is 0. The molecule has 0 saturated heterocycles. The predicted molar refractivity (Wildman–Crippen MR) is 75.4 cm³/mol. The fraction of sp³-hybridized carbons (Fsp3) is 1.00. The molecular formula is C14H32N2O. The molecule has 0 aromatic carbocycles. The molecule has 0 atom stereocenters. The third-order valence-corrected chi connectivity index (χ3v) is 3.02. The van der Waals surface area contributed by atoms with E-state index >= 15 is 0 Å². The second-order valence-electron chi connectivity index (χ2n) is 4.83. The van der Waals surface area contributed by atoms with Gasteiger partial charge in [0.15, 0.2) is 0 Å². The monoisotopic (exact) mass is 244 g/mol. The second kappa shape index (κ2) is 13.9. The van der Waals surface area contributed by atoms with Crippen LogP contribution in [-0.4, -0.2) is 44.8 Å². The molecule has 0 amide bonds. The average molecular weight is 244 g/mol. The van der Waals surface area contributed by atoms with Crippen molar-refractivity contribution in [2.75, 3.05) is 39.9 Å². The first kappa shape index (κ1) is 16.9.